The number of hydrogen-bond donors (Lipinski definition) is 1. The second-order valence-electron chi connectivity index (χ2n) is 3.70. The predicted molar refractivity (Wildman–Crippen MR) is 60.7 cm³/mol. The number of furan rings is 1. The topological polar surface area (TPSA) is 94.0 Å². The Labute approximate surface area is 101 Å². The van der Waals surface area contributed by atoms with E-state index in [0.29, 0.717) is 17.0 Å². The molecular weight excluding hydrogens is 236 g/mol. The number of aromatic nitrogens is 4. The van der Waals surface area contributed by atoms with Gasteiger partial charge in [-0.15, -0.1) is 5.10 Å². The van der Waals surface area contributed by atoms with Crippen LogP contribution in [0.5, 0.6) is 0 Å². The highest BCUT2D eigenvalue weighted by atomic mass is 16.4. The summed E-state index contributed by atoms with van der Waals surface area (Å²) in [5, 5.41) is 20.6. The van der Waals surface area contributed by atoms with Gasteiger partial charge in [-0.2, -0.15) is 0 Å². The van der Waals surface area contributed by atoms with E-state index in [1.165, 1.54) is 10.9 Å². The number of fused-ring (bicyclic) bond motifs is 1. The molecule has 0 aliphatic heterocycles. The van der Waals surface area contributed by atoms with Crippen LogP contribution in [0.1, 0.15) is 0 Å². The predicted octanol–water partition coefficient (Wildman–Crippen LogP) is 1.17. The Kier molecular flexibility index (Phi) is 2.30. The molecule has 0 saturated heterocycles. The van der Waals surface area contributed by atoms with E-state index in [4.69, 9.17) is 9.52 Å². The van der Waals surface area contributed by atoms with Gasteiger partial charge in [0, 0.05) is 5.39 Å². The number of carbonyl (C=O) groups is 1. The van der Waals surface area contributed by atoms with Crippen LogP contribution in [0, 0.1) is 0 Å². The maximum atomic E-state index is 10.7. The Morgan fingerprint density at radius 1 is 1.39 bits per heavy atom. The highest BCUT2D eigenvalue weighted by Gasteiger charge is 2.16. The molecule has 0 fully saturated rings. The molecule has 7 nitrogen and oxygen atoms in total. The van der Waals surface area contributed by atoms with Crippen LogP contribution in [-0.4, -0.2) is 31.3 Å². The smallest absolute Gasteiger partial charge is 0.325 e. The summed E-state index contributed by atoms with van der Waals surface area (Å²) in [7, 11) is 0. The number of carboxylic acids is 1. The fourth-order valence-electron chi connectivity index (χ4n) is 1.78. The molecule has 90 valence electrons. The molecule has 0 bridgehead atoms. The van der Waals surface area contributed by atoms with Crippen molar-refractivity contribution in [2.24, 2.45) is 0 Å². The monoisotopic (exact) mass is 244 g/mol. The van der Waals surface area contributed by atoms with Gasteiger partial charge in [-0.3, -0.25) is 4.79 Å². The lowest BCUT2D eigenvalue weighted by Crippen LogP contribution is -2.11. The van der Waals surface area contributed by atoms with Crippen molar-refractivity contribution in [2.75, 3.05) is 0 Å². The molecule has 0 aliphatic rings. The van der Waals surface area contributed by atoms with Gasteiger partial charge >= 0.3 is 5.97 Å². The Balaban J connectivity index is 2.15. The lowest BCUT2D eigenvalue weighted by atomic mass is 10.1. The normalized spacial score (nSPS) is 10.9. The van der Waals surface area contributed by atoms with Gasteiger partial charge in [0.05, 0.1) is 5.56 Å². The largest absolute Gasteiger partial charge is 0.480 e. The van der Waals surface area contributed by atoms with E-state index < -0.39 is 5.97 Å². The highest BCUT2D eigenvalue weighted by Crippen LogP contribution is 2.28. The van der Waals surface area contributed by atoms with Crippen LogP contribution < -0.4 is 0 Å². The van der Waals surface area contributed by atoms with Gasteiger partial charge in [-0.1, -0.05) is 18.2 Å². The quantitative estimate of drug-likeness (QED) is 0.743. The van der Waals surface area contributed by atoms with Gasteiger partial charge in [-0.25, -0.2) is 4.68 Å². The van der Waals surface area contributed by atoms with E-state index in [1.54, 1.807) is 0 Å². The van der Waals surface area contributed by atoms with E-state index in [2.05, 4.69) is 15.5 Å². The van der Waals surface area contributed by atoms with Gasteiger partial charge in [0.25, 0.3) is 0 Å². The van der Waals surface area contributed by atoms with Crippen molar-refractivity contribution < 1.29 is 14.3 Å². The minimum absolute atomic E-state index is 0.290. The zero-order valence-corrected chi connectivity index (χ0v) is 9.15. The summed E-state index contributed by atoms with van der Waals surface area (Å²) in [6.45, 7) is -0.290. The van der Waals surface area contributed by atoms with E-state index in [0.717, 1.165) is 5.39 Å². The number of benzene rings is 1. The molecule has 2 aromatic heterocycles. The SMILES string of the molecule is O=C(O)Cn1nnnc1-c1coc2ccccc12. The van der Waals surface area contributed by atoms with Crippen LogP contribution in [-0.2, 0) is 11.3 Å². The second-order valence-corrected chi connectivity index (χ2v) is 3.70. The third-order valence-corrected chi connectivity index (χ3v) is 2.54. The molecule has 0 saturated carbocycles. The third-order valence-electron chi connectivity index (χ3n) is 2.54. The van der Waals surface area contributed by atoms with Gasteiger partial charge in [0.15, 0.2) is 5.82 Å². The highest BCUT2D eigenvalue weighted by molar-refractivity contribution is 5.92. The zero-order chi connectivity index (χ0) is 12.5. The second kappa shape index (κ2) is 3.95. The van der Waals surface area contributed by atoms with Crippen molar-refractivity contribution in [2.45, 2.75) is 6.54 Å². The Morgan fingerprint density at radius 3 is 3.06 bits per heavy atom. The fraction of sp³-hybridized carbons (Fsp3) is 0.0909. The van der Waals surface area contributed by atoms with Crippen LogP contribution >= 0.6 is 0 Å². The summed E-state index contributed by atoms with van der Waals surface area (Å²) in [5.41, 5.74) is 1.38. The van der Waals surface area contributed by atoms with E-state index in [1.807, 2.05) is 24.3 Å². The lowest BCUT2D eigenvalue weighted by molar-refractivity contribution is -0.137. The Bertz CT molecular complexity index is 716. The summed E-state index contributed by atoms with van der Waals surface area (Å²) in [6, 6.07) is 7.42. The Morgan fingerprint density at radius 2 is 2.22 bits per heavy atom. The van der Waals surface area contributed by atoms with Crippen LogP contribution in [0.15, 0.2) is 34.9 Å². The third kappa shape index (κ3) is 1.61. The number of rotatable bonds is 3. The zero-order valence-electron chi connectivity index (χ0n) is 9.15. The molecular formula is C11H8N4O3. The molecule has 7 heteroatoms. The molecule has 0 spiro atoms. The number of carboxylic acid groups (broad SMARTS) is 1. The molecule has 0 atom stereocenters. The van der Waals surface area contributed by atoms with Crippen LogP contribution in [0.25, 0.3) is 22.4 Å². The average molecular weight is 244 g/mol. The molecule has 0 unspecified atom stereocenters. The summed E-state index contributed by atoms with van der Waals surface area (Å²) in [4.78, 5) is 10.7. The van der Waals surface area contributed by atoms with Crippen LogP contribution in [0.4, 0.5) is 0 Å². The van der Waals surface area contributed by atoms with Crippen molar-refractivity contribution in [3.63, 3.8) is 0 Å². The van der Waals surface area contributed by atoms with Gasteiger partial charge < -0.3 is 9.52 Å². The first-order chi connectivity index (χ1) is 8.75. The van der Waals surface area contributed by atoms with Gasteiger partial charge in [0.1, 0.15) is 18.4 Å². The summed E-state index contributed by atoms with van der Waals surface area (Å²) in [6.07, 6.45) is 1.52. The number of hydrogen-bond acceptors (Lipinski definition) is 5. The number of tetrazole rings is 1. The molecule has 3 aromatic rings. The van der Waals surface area contributed by atoms with Crippen molar-refractivity contribution in [3.8, 4) is 11.4 Å². The average Bonchev–Trinajstić information content (AvgIpc) is 2.94. The minimum atomic E-state index is -1.00. The number of aliphatic carboxylic acids is 1. The van der Waals surface area contributed by atoms with Gasteiger partial charge in [0.2, 0.25) is 0 Å². The van der Waals surface area contributed by atoms with Crippen LogP contribution in [0.2, 0.25) is 0 Å². The molecule has 1 aromatic carbocycles. The van der Waals surface area contributed by atoms with Crippen molar-refractivity contribution in [1.82, 2.24) is 20.2 Å². The maximum Gasteiger partial charge on any atom is 0.325 e. The maximum absolute atomic E-state index is 10.7. The lowest BCUT2D eigenvalue weighted by Gasteiger charge is -1.98. The minimum Gasteiger partial charge on any atom is -0.480 e. The van der Waals surface area contributed by atoms with Gasteiger partial charge in [-0.05, 0) is 16.5 Å². The first kappa shape index (κ1) is 10.5. The molecule has 18 heavy (non-hydrogen) atoms. The van der Waals surface area contributed by atoms with E-state index in [-0.39, 0.29) is 6.54 Å². The molecule has 0 amide bonds. The molecule has 0 aliphatic carbocycles. The first-order valence-corrected chi connectivity index (χ1v) is 5.20. The Hall–Kier alpha value is -2.70. The molecule has 1 N–H and O–H groups in total. The first-order valence-electron chi connectivity index (χ1n) is 5.20. The fourth-order valence-corrected chi connectivity index (χ4v) is 1.78. The van der Waals surface area contributed by atoms with Crippen molar-refractivity contribution in [1.29, 1.82) is 0 Å². The standard InChI is InChI=1S/C11H8N4O3/c16-10(17)5-15-11(12-13-14-15)8-6-18-9-4-2-1-3-7(8)9/h1-4,6H,5H2,(H,16,17). The summed E-state index contributed by atoms with van der Waals surface area (Å²) in [5.74, 6) is -0.626. The summed E-state index contributed by atoms with van der Waals surface area (Å²) >= 11 is 0. The van der Waals surface area contributed by atoms with Crippen molar-refractivity contribution in [3.05, 3.63) is 30.5 Å². The molecule has 2 heterocycles. The van der Waals surface area contributed by atoms with Crippen molar-refractivity contribution >= 4 is 16.9 Å². The molecule has 3 rings (SSSR count). The van der Waals surface area contributed by atoms with E-state index >= 15 is 0 Å². The summed E-state index contributed by atoms with van der Waals surface area (Å²) < 4.78 is 6.60. The molecule has 0 radical (unpaired) electrons. The van der Waals surface area contributed by atoms with Crippen LogP contribution in [0.3, 0.4) is 0 Å². The number of nitrogens with zero attached hydrogens (tertiary/aromatic N) is 4. The van der Waals surface area contributed by atoms with E-state index in [9.17, 15) is 4.79 Å². The number of para-hydroxylation sites is 1.